The third kappa shape index (κ3) is 21.5. The molecule has 26 heteroatoms. The number of alkyl halides is 1. The molecule has 13 aromatic carbocycles. The number of aliphatic carboxylic acids is 1. The molecule has 0 fully saturated rings. The van der Waals surface area contributed by atoms with Gasteiger partial charge in [-0.2, -0.15) is 4.79 Å². The van der Waals surface area contributed by atoms with Crippen LogP contribution >= 0.6 is 38.6 Å². The summed E-state index contributed by atoms with van der Waals surface area (Å²) in [6, 6.07) is 103. The number of halogens is 1. The summed E-state index contributed by atoms with van der Waals surface area (Å²) in [4.78, 5) is 108. The molecular formula is C121H120BrN11O12S2. The van der Waals surface area contributed by atoms with E-state index in [0.29, 0.717) is 67.9 Å². The van der Waals surface area contributed by atoms with Crippen LogP contribution in [0.25, 0.3) is 50.0 Å². The topological polar surface area (TPSA) is 316 Å². The molecule has 750 valence electrons. The average molecular weight is 2060 g/mol. The Balaban J connectivity index is 0.000000138. The van der Waals surface area contributed by atoms with E-state index in [1.54, 1.807) is 21.9 Å². The van der Waals surface area contributed by atoms with Crippen LogP contribution in [0.4, 0.5) is 29.4 Å². The van der Waals surface area contributed by atoms with Crippen LogP contribution in [0.2, 0.25) is 0 Å². The maximum absolute atomic E-state index is 13.4. The highest BCUT2D eigenvalue weighted by Gasteiger charge is 2.44. The number of ketones is 2. The standard InChI is InChI=1S/C27H23N3O2S.C26H22BrNO3.C26H21N3O3.C25H21NO4.C12H13N3S.5CH4/c28-26-29-24(16-33-26)25-18-8-2-1-7-17(18)13-14-30(25)27(31)32-15-23-21-11-5-3-9-19(21)20-10-4-6-12-22(20)23;27-15-24(29)25-18-8-2-1-7-17(18)13-14-28(25)26(30)31-16-23-21-11-5-3-9-19(21)20-10-4-6-12-22(20)23;27-28-15-24(30)25-18-8-2-1-7-17(18)13-14-29(25)26(31)32-16-23-21-11-5-3-9-19(21)20-10-4-6-12-22(20)23;27-24(28)23-17-8-2-1-7-16(17)13-14-26(23)25(29)30-15-22-20-11-5-3-9-18(20)19-10-4-6-12-21(19)22;13-12-15-10(7-16-12)11-9-4-2-1-3-8(9)5-6-14-11;;;;;/h1-12,16,23,25H,13-15H2,(H2,28,29);1-12,23,25H,13-16H2;1-12,15,23,25H,13-14,16H2;1-12,22-23H,13-15H2,(H,27,28);1-4,7,11,14H,5-6H2,(H2,13,15);5*1H4/t3*25-;23-;11-;;;;;/m11111...../s1. The number of rotatable bonds is 15. The van der Waals surface area contributed by atoms with E-state index in [4.69, 9.17) is 35.9 Å². The summed E-state index contributed by atoms with van der Waals surface area (Å²) >= 11 is 6.17. The number of hydrogen-bond acceptors (Lipinski definition) is 18. The first-order chi connectivity index (χ1) is 69.6. The Morgan fingerprint density at radius 2 is 0.612 bits per heavy atom. The molecule has 0 spiro atoms. The fourth-order valence-electron chi connectivity index (χ4n) is 21.8. The summed E-state index contributed by atoms with van der Waals surface area (Å²) in [6.07, 6.45) is 2.79. The van der Waals surface area contributed by atoms with E-state index < -0.39 is 48.2 Å². The minimum absolute atomic E-state index is 0. The molecular weight excluding hydrogens is 1940 g/mol. The van der Waals surface area contributed by atoms with Gasteiger partial charge in [0, 0.05) is 67.2 Å². The van der Waals surface area contributed by atoms with Gasteiger partial charge in [-0.25, -0.2) is 33.9 Å². The Bertz CT molecular complexity index is 7200. The van der Waals surface area contributed by atoms with Crippen molar-refractivity contribution >= 4 is 97.0 Å². The van der Waals surface area contributed by atoms with Gasteiger partial charge in [-0.15, -0.1) is 22.7 Å². The molecule has 0 saturated carbocycles. The number of carboxylic acid groups (broad SMARTS) is 1. The monoisotopic (exact) mass is 2060 g/mol. The van der Waals surface area contributed by atoms with Gasteiger partial charge in [0.2, 0.25) is 0 Å². The summed E-state index contributed by atoms with van der Waals surface area (Å²) < 4.78 is 23.3. The van der Waals surface area contributed by atoms with Crippen molar-refractivity contribution in [3.05, 3.63) is 443 Å². The van der Waals surface area contributed by atoms with Gasteiger partial charge in [0.15, 0.2) is 22.1 Å². The van der Waals surface area contributed by atoms with Crippen molar-refractivity contribution in [1.29, 1.82) is 0 Å². The third-order valence-corrected chi connectivity index (χ3v) is 30.2. The van der Waals surface area contributed by atoms with Gasteiger partial charge in [-0.3, -0.25) is 29.2 Å². The lowest BCUT2D eigenvalue weighted by Gasteiger charge is -2.36. The number of hydrogen-bond donors (Lipinski definition) is 4. The number of thiazole rings is 2. The second-order valence-electron chi connectivity index (χ2n) is 36.0. The highest BCUT2D eigenvalue weighted by Crippen LogP contribution is 2.51. The first-order valence-electron chi connectivity index (χ1n) is 47.6. The molecule has 7 heterocycles. The van der Waals surface area contributed by atoms with Crippen LogP contribution in [-0.2, 0) is 65.4 Å². The van der Waals surface area contributed by atoms with Gasteiger partial charge in [-0.05, 0) is 177 Å². The number of amides is 4. The van der Waals surface area contributed by atoms with Gasteiger partial charge in [-0.1, -0.05) is 369 Å². The molecule has 0 unspecified atom stereocenters. The Morgan fingerprint density at radius 1 is 0.354 bits per heavy atom. The van der Waals surface area contributed by atoms with E-state index in [0.717, 1.165) is 115 Å². The first-order valence-corrected chi connectivity index (χ1v) is 50.5. The van der Waals surface area contributed by atoms with Crippen molar-refractivity contribution in [2.24, 2.45) is 0 Å². The smallest absolute Gasteiger partial charge is 0.410 e. The molecule has 0 radical (unpaired) electrons. The number of benzene rings is 13. The fraction of sp³-hybridized carbons (Fsp3) is 0.240. The van der Waals surface area contributed by atoms with Crippen LogP contribution in [0.1, 0.15) is 203 Å². The average Bonchev–Trinajstić information content (AvgIpc) is 1.60. The van der Waals surface area contributed by atoms with Gasteiger partial charge >= 0.3 is 36.6 Å². The van der Waals surface area contributed by atoms with E-state index in [9.17, 15) is 38.7 Å². The highest BCUT2D eigenvalue weighted by molar-refractivity contribution is 9.09. The molecule has 147 heavy (non-hydrogen) atoms. The quantitative estimate of drug-likeness (QED) is 0.0244. The Labute approximate surface area is 875 Å². The fourth-order valence-corrected chi connectivity index (χ4v) is 23.3. The van der Waals surface area contributed by atoms with E-state index in [1.807, 2.05) is 168 Å². The largest absolute Gasteiger partial charge is 0.479 e. The van der Waals surface area contributed by atoms with Crippen LogP contribution in [0.15, 0.2) is 326 Å². The summed E-state index contributed by atoms with van der Waals surface area (Å²) in [6.45, 7) is 3.63. The highest BCUT2D eigenvalue weighted by atomic mass is 79.9. The van der Waals surface area contributed by atoms with Crippen molar-refractivity contribution in [2.45, 2.75) is 123 Å². The van der Waals surface area contributed by atoms with Crippen molar-refractivity contribution < 1.29 is 62.4 Å². The van der Waals surface area contributed by atoms with Crippen LogP contribution in [0.5, 0.6) is 0 Å². The predicted molar refractivity (Wildman–Crippen MR) is 586 cm³/mol. The van der Waals surface area contributed by atoms with Crippen LogP contribution in [0.3, 0.4) is 0 Å². The Morgan fingerprint density at radius 3 is 0.932 bits per heavy atom. The van der Waals surface area contributed by atoms with E-state index >= 15 is 0 Å². The number of nitrogen functional groups attached to an aromatic ring is 2. The maximum atomic E-state index is 13.4. The number of carbonyl (C=O) groups excluding carboxylic acids is 6. The summed E-state index contributed by atoms with van der Waals surface area (Å²) in [7, 11) is 0. The lowest BCUT2D eigenvalue weighted by atomic mass is 9.90. The number of fused-ring (bicyclic) bond motifs is 17. The van der Waals surface area contributed by atoms with Gasteiger partial charge in [0.1, 0.15) is 44.6 Å². The Kier molecular flexibility index (Phi) is 34.2. The number of nitrogens with one attached hydrogen (secondary N) is 1. The molecule has 5 atom stereocenters. The number of nitrogens with two attached hydrogens (primary N) is 2. The molecule has 6 N–H and O–H groups in total. The molecule has 2 aromatic heterocycles. The van der Waals surface area contributed by atoms with Crippen molar-refractivity contribution in [3.8, 4) is 44.5 Å². The number of aromatic nitrogens is 2. The number of ether oxygens (including phenoxy) is 4. The molecule has 0 saturated heterocycles. The molecule has 4 aliphatic carbocycles. The van der Waals surface area contributed by atoms with Crippen LogP contribution in [-0.4, -0.2) is 152 Å². The Hall–Kier alpha value is -15.6. The normalized spacial score (nSPS) is 16.5. The summed E-state index contributed by atoms with van der Waals surface area (Å²) in [5.74, 6) is -1.63. The van der Waals surface area contributed by atoms with Crippen molar-refractivity contribution in [1.82, 2.24) is 34.9 Å². The number of carboxylic acids is 1. The molecule has 5 aliphatic heterocycles. The van der Waals surface area contributed by atoms with Crippen molar-refractivity contribution in [3.63, 3.8) is 0 Å². The molecule has 4 amide bonds. The van der Waals surface area contributed by atoms with Gasteiger partial charge < -0.3 is 46.4 Å². The van der Waals surface area contributed by atoms with E-state index in [2.05, 4.69) is 182 Å². The molecule has 24 rings (SSSR count). The van der Waals surface area contributed by atoms with Crippen LogP contribution in [0, 0.1) is 0 Å². The first kappa shape index (κ1) is 106. The zero-order valence-electron chi connectivity index (χ0n) is 77.4. The number of Topliss-reactive ketones (excluding diaryl/α,β-unsaturated/α-hetero) is 2. The summed E-state index contributed by atoms with van der Waals surface area (Å²) in [5.41, 5.74) is 51.5. The van der Waals surface area contributed by atoms with Gasteiger partial charge in [0.25, 0.3) is 5.78 Å². The summed E-state index contributed by atoms with van der Waals surface area (Å²) in [5, 5.41) is 18.6. The zero-order chi connectivity index (χ0) is 97.4. The third-order valence-electron chi connectivity index (χ3n) is 28.3. The minimum Gasteiger partial charge on any atom is -0.479 e. The number of carbonyl (C=O) groups is 7. The molecule has 15 aromatic rings. The van der Waals surface area contributed by atoms with Crippen molar-refractivity contribution in [2.75, 3.05) is 75.9 Å². The second-order valence-corrected chi connectivity index (χ2v) is 38.4. The second kappa shape index (κ2) is 47.5. The predicted octanol–water partition coefficient (Wildman–Crippen LogP) is 25.3. The number of anilines is 2. The lowest BCUT2D eigenvalue weighted by Crippen LogP contribution is -2.44. The molecule has 0 bridgehead atoms. The number of nitrogens with zero attached hydrogens (tertiary/aromatic N) is 8. The zero-order valence-corrected chi connectivity index (χ0v) is 80.6. The maximum Gasteiger partial charge on any atom is 0.410 e. The minimum atomic E-state index is -1.05. The van der Waals surface area contributed by atoms with Gasteiger partial charge in [0.05, 0.1) is 22.8 Å². The van der Waals surface area contributed by atoms with Crippen LogP contribution < -0.4 is 16.8 Å². The van der Waals surface area contributed by atoms with E-state index in [1.165, 1.54) is 93.7 Å². The molecule has 9 aliphatic rings. The lowest BCUT2D eigenvalue weighted by molar-refractivity contribution is -0.143. The van der Waals surface area contributed by atoms with E-state index in [-0.39, 0.29) is 110 Å². The SMILES string of the molecule is C.C.C.C.C.Nc1nc([C@@H]2NCCc3ccccc32)cs1.Nc1nc([C@H]2c3ccccc3CCN2C(=O)OCC2c3ccccc3-c3ccccc32)cs1.O=C(CBr)[C@H]1c2ccccc2CCN1C(=O)OCC1c2ccccc2-c2ccccc21.O=C(O)[C@H]1c2ccccc2CCN1C(=O)OCC1c2ccccc2-c2ccccc21.[N-]=[N+]=CC(=O)[C@H]1c2ccccc2CCN1C(=O)OCC1c2ccccc2-c2ccccc21. The molecule has 23 nitrogen and oxygen atoms in total.